The van der Waals surface area contributed by atoms with Crippen molar-refractivity contribution < 1.29 is 0 Å². The van der Waals surface area contributed by atoms with Crippen molar-refractivity contribution in [2.24, 2.45) is 0 Å². The summed E-state index contributed by atoms with van der Waals surface area (Å²) in [5, 5.41) is 3.51. The Morgan fingerprint density at radius 1 is 0.875 bits per heavy atom. The van der Waals surface area contributed by atoms with Gasteiger partial charge < -0.3 is 5.32 Å². The second-order valence-electron chi connectivity index (χ2n) is 6.64. The molecule has 0 aromatic heterocycles. The van der Waals surface area contributed by atoms with Crippen molar-refractivity contribution in [1.82, 2.24) is 10.2 Å². The Morgan fingerprint density at radius 2 is 1.50 bits per heavy atom. The maximum absolute atomic E-state index is 3.51. The van der Waals surface area contributed by atoms with Crippen LogP contribution >= 0.6 is 0 Å². The van der Waals surface area contributed by atoms with Gasteiger partial charge in [0, 0.05) is 19.6 Å². The standard InChI is InChI=1S/C22H32N2/c1-4-15-23-16-19(3)22-13-11-21(12-14-22)18-24(5-2)17-20-9-7-6-8-10-20/h6-14,19,23H,4-5,15-18H2,1-3H3. The van der Waals surface area contributed by atoms with Crippen LogP contribution in [-0.4, -0.2) is 24.5 Å². The van der Waals surface area contributed by atoms with Crippen LogP contribution in [0.5, 0.6) is 0 Å². The van der Waals surface area contributed by atoms with Gasteiger partial charge in [-0.05, 0) is 42.1 Å². The monoisotopic (exact) mass is 324 g/mol. The number of rotatable bonds is 10. The van der Waals surface area contributed by atoms with E-state index in [1.54, 1.807) is 0 Å². The van der Waals surface area contributed by atoms with E-state index in [0.717, 1.165) is 32.7 Å². The minimum atomic E-state index is 0.567. The normalized spacial score (nSPS) is 12.5. The summed E-state index contributed by atoms with van der Waals surface area (Å²) in [5.74, 6) is 0.567. The molecule has 0 saturated heterocycles. The first-order chi connectivity index (χ1) is 11.7. The van der Waals surface area contributed by atoms with Crippen LogP contribution in [0.15, 0.2) is 54.6 Å². The third-order valence-corrected chi connectivity index (χ3v) is 4.53. The molecule has 0 aliphatic rings. The highest BCUT2D eigenvalue weighted by Gasteiger charge is 2.07. The summed E-state index contributed by atoms with van der Waals surface area (Å²) in [4.78, 5) is 2.48. The molecule has 1 atom stereocenters. The summed E-state index contributed by atoms with van der Waals surface area (Å²) in [5.41, 5.74) is 4.20. The maximum atomic E-state index is 3.51. The molecule has 2 aromatic rings. The number of hydrogen-bond donors (Lipinski definition) is 1. The molecule has 2 aromatic carbocycles. The number of hydrogen-bond acceptors (Lipinski definition) is 2. The first kappa shape index (κ1) is 18.7. The molecular weight excluding hydrogens is 292 g/mol. The van der Waals surface area contributed by atoms with E-state index in [-0.39, 0.29) is 0 Å². The van der Waals surface area contributed by atoms with Gasteiger partial charge in [-0.25, -0.2) is 0 Å². The first-order valence-corrected chi connectivity index (χ1v) is 9.28. The average molecular weight is 325 g/mol. The van der Waals surface area contributed by atoms with Gasteiger partial charge in [-0.3, -0.25) is 4.90 Å². The summed E-state index contributed by atoms with van der Waals surface area (Å²) >= 11 is 0. The molecule has 0 aliphatic heterocycles. The van der Waals surface area contributed by atoms with Crippen LogP contribution in [-0.2, 0) is 13.1 Å². The molecule has 0 fully saturated rings. The summed E-state index contributed by atoms with van der Waals surface area (Å²) in [6.07, 6.45) is 1.19. The largest absolute Gasteiger partial charge is 0.316 e. The molecular formula is C22H32N2. The van der Waals surface area contributed by atoms with Crippen molar-refractivity contribution in [3.8, 4) is 0 Å². The van der Waals surface area contributed by atoms with Crippen molar-refractivity contribution >= 4 is 0 Å². The minimum Gasteiger partial charge on any atom is -0.316 e. The maximum Gasteiger partial charge on any atom is 0.0237 e. The molecule has 0 radical (unpaired) electrons. The van der Waals surface area contributed by atoms with Crippen molar-refractivity contribution in [2.75, 3.05) is 19.6 Å². The predicted molar refractivity (Wildman–Crippen MR) is 104 cm³/mol. The van der Waals surface area contributed by atoms with Crippen LogP contribution in [0.3, 0.4) is 0 Å². The lowest BCUT2D eigenvalue weighted by Gasteiger charge is -2.21. The summed E-state index contributed by atoms with van der Waals surface area (Å²) in [7, 11) is 0. The van der Waals surface area contributed by atoms with E-state index in [1.807, 2.05) is 0 Å². The van der Waals surface area contributed by atoms with Crippen LogP contribution in [0, 0.1) is 0 Å². The van der Waals surface area contributed by atoms with Crippen LogP contribution in [0.1, 0.15) is 49.8 Å². The van der Waals surface area contributed by atoms with Crippen molar-refractivity contribution in [1.29, 1.82) is 0 Å². The quantitative estimate of drug-likeness (QED) is 0.631. The Kier molecular flexibility index (Phi) is 8.00. The second-order valence-corrected chi connectivity index (χ2v) is 6.64. The van der Waals surface area contributed by atoms with E-state index >= 15 is 0 Å². The average Bonchev–Trinajstić information content (AvgIpc) is 2.62. The smallest absolute Gasteiger partial charge is 0.0237 e. The van der Waals surface area contributed by atoms with E-state index in [1.165, 1.54) is 23.1 Å². The molecule has 0 heterocycles. The lowest BCUT2D eigenvalue weighted by molar-refractivity contribution is 0.271. The van der Waals surface area contributed by atoms with E-state index in [2.05, 4.69) is 85.6 Å². The van der Waals surface area contributed by atoms with Gasteiger partial charge in [0.05, 0.1) is 0 Å². The fourth-order valence-electron chi connectivity index (χ4n) is 2.94. The summed E-state index contributed by atoms with van der Waals surface area (Å²) in [6.45, 7) is 12.0. The first-order valence-electron chi connectivity index (χ1n) is 9.28. The summed E-state index contributed by atoms with van der Waals surface area (Å²) in [6, 6.07) is 19.9. The van der Waals surface area contributed by atoms with Gasteiger partial charge in [0.15, 0.2) is 0 Å². The van der Waals surface area contributed by atoms with E-state index in [0.29, 0.717) is 5.92 Å². The SMILES string of the molecule is CCCNCC(C)c1ccc(CN(CC)Cc2ccccc2)cc1. The van der Waals surface area contributed by atoms with E-state index in [9.17, 15) is 0 Å². The molecule has 1 unspecified atom stereocenters. The molecule has 130 valence electrons. The zero-order valence-corrected chi connectivity index (χ0v) is 15.5. The van der Waals surface area contributed by atoms with Gasteiger partial charge in [0.2, 0.25) is 0 Å². The molecule has 2 rings (SSSR count). The van der Waals surface area contributed by atoms with Crippen LogP contribution in [0.25, 0.3) is 0 Å². The van der Waals surface area contributed by atoms with Gasteiger partial charge in [0.25, 0.3) is 0 Å². The Hall–Kier alpha value is -1.64. The second kappa shape index (κ2) is 10.3. The predicted octanol–water partition coefficient (Wildman–Crippen LogP) is 4.81. The fraction of sp³-hybridized carbons (Fsp3) is 0.455. The van der Waals surface area contributed by atoms with Crippen LogP contribution in [0.2, 0.25) is 0 Å². The highest BCUT2D eigenvalue weighted by molar-refractivity contribution is 5.25. The molecule has 2 heteroatoms. The number of nitrogens with one attached hydrogen (secondary N) is 1. The van der Waals surface area contributed by atoms with Crippen LogP contribution in [0.4, 0.5) is 0 Å². The topological polar surface area (TPSA) is 15.3 Å². The molecule has 2 nitrogen and oxygen atoms in total. The minimum absolute atomic E-state index is 0.567. The Balaban J connectivity index is 1.89. The third kappa shape index (κ3) is 6.10. The fourth-order valence-corrected chi connectivity index (χ4v) is 2.94. The molecule has 0 aliphatic carbocycles. The van der Waals surface area contributed by atoms with Gasteiger partial charge in [-0.1, -0.05) is 75.4 Å². The zero-order chi connectivity index (χ0) is 17.2. The van der Waals surface area contributed by atoms with Gasteiger partial charge in [-0.2, -0.15) is 0 Å². The molecule has 0 spiro atoms. The molecule has 0 amide bonds. The van der Waals surface area contributed by atoms with Crippen LogP contribution < -0.4 is 5.32 Å². The van der Waals surface area contributed by atoms with Gasteiger partial charge in [-0.15, -0.1) is 0 Å². The van der Waals surface area contributed by atoms with Crippen molar-refractivity contribution in [3.63, 3.8) is 0 Å². The molecule has 0 saturated carbocycles. The lowest BCUT2D eigenvalue weighted by Crippen LogP contribution is -2.22. The Bertz CT molecular complexity index is 562. The van der Waals surface area contributed by atoms with Gasteiger partial charge >= 0.3 is 0 Å². The summed E-state index contributed by atoms with van der Waals surface area (Å²) < 4.78 is 0. The highest BCUT2D eigenvalue weighted by atomic mass is 15.1. The Morgan fingerprint density at radius 3 is 2.08 bits per heavy atom. The van der Waals surface area contributed by atoms with E-state index < -0.39 is 0 Å². The zero-order valence-electron chi connectivity index (χ0n) is 15.5. The van der Waals surface area contributed by atoms with Gasteiger partial charge in [0.1, 0.15) is 0 Å². The van der Waals surface area contributed by atoms with Crippen molar-refractivity contribution in [3.05, 3.63) is 71.3 Å². The molecule has 1 N–H and O–H groups in total. The third-order valence-electron chi connectivity index (χ3n) is 4.53. The molecule has 0 bridgehead atoms. The molecule has 24 heavy (non-hydrogen) atoms. The van der Waals surface area contributed by atoms with Crippen molar-refractivity contribution in [2.45, 2.75) is 46.2 Å². The highest BCUT2D eigenvalue weighted by Crippen LogP contribution is 2.17. The van der Waals surface area contributed by atoms with E-state index in [4.69, 9.17) is 0 Å². The lowest BCUT2D eigenvalue weighted by atomic mass is 9.99. The Labute approximate surface area is 147 Å². The number of nitrogens with zero attached hydrogens (tertiary/aromatic N) is 1. The number of benzene rings is 2.